The first kappa shape index (κ1) is 15.0. The normalized spacial score (nSPS) is 12.3. The third-order valence-corrected chi connectivity index (χ3v) is 4.59. The topological polar surface area (TPSA) is 28.2 Å². The minimum atomic E-state index is 0.365. The number of aromatic nitrogens is 1. The number of hydrogen-bond donors (Lipinski definition) is 1. The molecule has 1 atom stereocenters. The van der Waals surface area contributed by atoms with E-state index in [4.69, 9.17) is 0 Å². The standard InChI is InChI=1S/C16H23N3S/c1-4-8-17-11-14-7-9-18-12-15(14)19(3)13(2)16-6-5-10-20-16/h5-7,9-10,12-13,17H,4,8,11H2,1-3H3. The van der Waals surface area contributed by atoms with Gasteiger partial charge < -0.3 is 10.2 Å². The molecule has 1 N–H and O–H groups in total. The van der Waals surface area contributed by atoms with E-state index in [1.807, 2.05) is 12.4 Å². The Bertz CT molecular complexity index is 510. The number of anilines is 1. The van der Waals surface area contributed by atoms with Crippen LogP contribution >= 0.6 is 11.3 Å². The molecular formula is C16H23N3S. The number of rotatable bonds is 7. The highest BCUT2D eigenvalue weighted by molar-refractivity contribution is 7.10. The van der Waals surface area contributed by atoms with E-state index < -0.39 is 0 Å². The van der Waals surface area contributed by atoms with Crippen LogP contribution in [0, 0.1) is 0 Å². The Hall–Kier alpha value is -1.39. The molecule has 0 amide bonds. The molecule has 0 radical (unpaired) electrons. The summed E-state index contributed by atoms with van der Waals surface area (Å²) in [6.07, 6.45) is 4.99. The van der Waals surface area contributed by atoms with Crippen LogP contribution < -0.4 is 10.2 Å². The summed E-state index contributed by atoms with van der Waals surface area (Å²) in [5.74, 6) is 0. The molecule has 3 nitrogen and oxygen atoms in total. The highest BCUT2D eigenvalue weighted by Gasteiger charge is 2.16. The van der Waals surface area contributed by atoms with Gasteiger partial charge in [-0.2, -0.15) is 0 Å². The van der Waals surface area contributed by atoms with Crippen LogP contribution in [-0.2, 0) is 6.54 Å². The predicted molar refractivity (Wildman–Crippen MR) is 87.4 cm³/mol. The van der Waals surface area contributed by atoms with E-state index in [-0.39, 0.29) is 0 Å². The van der Waals surface area contributed by atoms with Gasteiger partial charge in [-0.25, -0.2) is 0 Å². The Morgan fingerprint density at radius 1 is 1.40 bits per heavy atom. The van der Waals surface area contributed by atoms with E-state index in [0.717, 1.165) is 19.5 Å². The molecule has 0 bridgehead atoms. The second kappa shape index (κ2) is 7.41. The zero-order chi connectivity index (χ0) is 14.4. The van der Waals surface area contributed by atoms with Gasteiger partial charge in [0.15, 0.2) is 0 Å². The average molecular weight is 289 g/mol. The summed E-state index contributed by atoms with van der Waals surface area (Å²) in [4.78, 5) is 7.98. The van der Waals surface area contributed by atoms with Crippen LogP contribution in [0.4, 0.5) is 5.69 Å². The van der Waals surface area contributed by atoms with Gasteiger partial charge in [-0.3, -0.25) is 4.98 Å². The van der Waals surface area contributed by atoms with Gasteiger partial charge in [0.05, 0.1) is 17.9 Å². The van der Waals surface area contributed by atoms with E-state index in [1.165, 1.54) is 16.1 Å². The third-order valence-electron chi connectivity index (χ3n) is 3.55. The molecule has 20 heavy (non-hydrogen) atoms. The SMILES string of the molecule is CCCNCc1ccncc1N(C)C(C)c1cccs1. The maximum atomic E-state index is 4.29. The molecule has 2 aromatic heterocycles. The average Bonchev–Trinajstić information content (AvgIpc) is 3.01. The first-order valence-corrected chi connectivity index (χ1v) is 8.01. The summed E-state index contributed by atoms with van der Waals surface area (Å²) < 4.78 is 0. The fourth-order valence-electron chi connectivity index (χ4n) is 2.21. The molecule has 2 heterocycles. The Labute approximate surface area is 125 Å². The van der Waals surface area contributed by atoms with E-state index in [0.29, 0.717) is 6.04 Å². The van der Waals surface area contributed by atoms with Gasteiger partial charge in [-0.1, -0.05) is 13.0 Å². The first-order chi connectivity index (χ1) is 9.74. The second-order valence-corrected chi connectivity index (χ2v) is 5.96. The molecule has 0 aliphatic carbocycles. The molecule has 0 fully saturated rings. The maximum Gasteiger partial charge on any atom is 0.0604 e. The molecule has 1 unspecified atom stereocenters. The highest BCUT2D eigenvalue weighted by Crippen LogP contribution is 2.29. The van der Waals surface area contributed by atoms with Crippen molar-refractivity contribution in [2.45, 2.75) is 32.9 Å². The second-order valence-electron chi connectivity index (χ2n) is 4.98. The van der Waals surface area contributed by atoms with Gasteiger partial charge >= 0.3 is 0 Å². The minimum Gasteiger partial charge on any atom is -0.366 e. The van der Waals surface area contributed by atoms with Crippen molar-refractivity contribution in [3.8, 4) is 0 Å². The van der Waals surface area contributed by atoms with Crippen LogP contribution in [0.15, 0.2) is 36.0 Å². The summed E-state index contributed by atoms with van der Waals surface area (Å²) in [6.45, 7) is 6.37. The number of pyridine rings is 1. The van der Waals surface area contributed by atoms with Crippen molar-refractivity contribution in [3.05, 3.63) is 46.4 Å². The predicted octanol–water partition coefficient (Wildman–Crippen LogP) is 3.84. The Balaban J connectivity index is 2.14. The van der Waals surface area contributed by atoms with Crippen molar-refractivity contribution in [1.82, 2.24) is 10.3 Å². The van der Waals surface area contributed by atoms with E-state index in [1.54, 1.807) is 11.3 Å². The van der Waals surface area contributed by atoms with Crippen molar-refractivity contribution in [2.24, 2.45) is 0 Å². The van der Waals surface area contributed by atoms with Crippen molar-refractivity contribution < 1.29 is 0 Å². The first-order valence-electron chi connectivity index (χ1n) is 7.14. The van der Waals surface area contributed by atoms with Crippen LogP contribution in [0.3, 0.4) is 0 Å². The van der Waals surface area contributed by atoms with Gasteiger partial charge in [0, 0.05) is 24.7 Å². The van der Waals surface area contributed by atoms with Crippen molar-refractivity contribution >= 4 is 17.0 Å². The monoisotopic (exact) mass is 289 g/mol. The molecule has 0 aliphatic heterocycles. The van der Waals surface area contributed by atoms with Gasteiger partial charge in [0.2, 0.25) is 0 Å². The van der Waals surface area contributed by atoms with Gasteiger partial charge in [-0.15, -0.1) is 11.3 Å². The molecule has 0 aliphatic rings. The lowest BCUT2D eigenvalue weighted by atomic mass is 10.1. The fourth-order valence-corrected chi connectivity index (χ4v) is 3.04. The van der Waals surface area contributed by atoms with Crippen molar-refractivity contribution in [1.29, 1.82) is 0 Å². The van der Waals surface area contributed by atoms with E-state index in [9.17, 15) is 0 Å². The van der Waals surface area contributed by atoms with Crippen LogP contribution in [0.25, 0.3) is 0 Å². The molecule has 0 aromatic carbocycles. The lowest BCUT2D eigenvalue weighted by Crippen LogP contribution is -2.24. The Morgan fingerprint density at radius 2 is 2.25 bits per heavy atom. The van der Waals surface area contributed by atoms with Crippen LogP contribution in [0.2, 0.25) is 0 Å². The number of hydrogen-bond acceptors (Lipinski definition) is 4. The van der Waals surface area contributed by atoms with Crippen LogP contribution in [0.1, 0.15) is 36.8 Å². The highest BCUT2D eigenvalue weighted by atomic mass is 32.1. The fraction of sp³-hybridized carbons (Fsp3) is 0.438. The quantitative estimate of drug-likeness (QED) is 0.785. The van der Waals surface area contributed by atoms with Crippen LogP contribution in [-0.4, -0.2) is 18.6 Å². The number of thiophene rings is 1. The number of nitrogens with zero attached hydrogens (tertiary/aromatic N) is 2. The van der Waals surface area contributed by atoms with Crippen LogP contribution in [0.5, 0.6) is 0 Å². The largest absolute Gasteiger partial charge is 0.366 e. The summed E-state index contributed by atoms with van der Waals surface area (Å²) in [7, 11) is 2.14. The molecular weight excluding hydrogens is 266 g/mol. The molecule has 0 saturated carbocycles. The molecule has 2 aromatic rings. The van der Waals surface area contributed by atoms with Gasteiger partial charge in [0.1, 0.15) is 0 Å². The van der Waals surface area contributed by atoms with E-state index >= 15 is 0 Å². The maximum absolute atomic E-state index is 4.29. The summed E-state index contributed by atoms with van der Waals surface area (Å²) in [6, 6.07) is 6.77. The molecule has 0 saturated heterocycles. The van der Waals surface area contributed by atoms with Gasteiger partial charge in [0.25, 0.3) is 0 Å². The summed E-state index contributed by atoms with van der Waals surface area (Å²) in [5, 5.41) is 5.60. The molecule has 0 spiro atoms. The Kier molecular flexibility index (Phi) is 5.56. The molecule has 2 rings (SSSR count). The lowest BCUT2D eigenvalue weighted by Gasteiger charge is -2.28. The zero-order valence-corrected chi connectivity index (χ0v) is 13.3. The Morgan fingerprint density at radius 3 is 2.95 bits per heavy atom. The zero-order valence-electron chi connectivity index (χ0n) is 12.5. The van der Waals surface area contributed by atoms with E-state index in [2.05, 4.69) is 59.7 Å². The molecule has 108 valence electrons. The smallest absolute Gasteiger partial charge is 0.0604 e. The summed E-state index contributed by atoms with van der Waals surface area (Å²) >= 11 is 1.80. The number of nitrogens with one attached hydrogen (secondary N) is 1. The minimum absolute atomic E-state index is 0.365. The molecule has 4 heteroatoms. The van der Waals surface area contributed by atoms with Gasteiger partial charge in [-0.05, 0) is 43.0 Å². The lowest BCUT2D eigenvalue weighted by molar-refractivity contribution is 0.668. The van der Waals surface area contributed by atoms with Crippen molar-refractivity contribution in [3.63, 3.8) is 0 Å². The van der Waals surface area contributed by atoms with Crippen molar-refractivity contribution in [2.75, 3.05) is 18.5 Å². The summed E-state index contributed by atoms with van der Waals surface area (Å²) in [5.41, 5.74) is 2.51. The third kappa shape index (κ3) is 3.58.